The van der Waals surface area contributed by atoms with E-state index in [4.69, 9.17) is 15.0 Å². The molecule has 0 saturated carbocycles. The topological polar surface area (TPSA) is 94.5 Å². The van der Waals surface area contributed by atoms with Crippen LogP contribution in [-0.2, 0) is 11.3 Å². The first-order valence-electron chi connectivity index (χ1n) is 7.66. The molecule has 7 nitrogen and oxygen atoms in total. The molecule has 0 aliphatic carbocycles. The van der Waals surface area contributed by atoms with Crippen LogP contribution < -0.4 is 10.5 Å². The molecule has 23 heavy (non-hydrogen) atoms. The standard InChI is InChI=1S/C16H20N4O3/c1-11-18-16(19-23-11)14-6-3-7-20(14)9-12-4-2-5-13(8-12)22-10-15(17)21/h2,4-5,8,14H,3,6-7,9-10H2,1H3,(H2,17,21). The van der Waals surface area contributed by atoms with Gasteiger partial charge in [0.2, 0.25) is 5.89 Å². The van der Waals surface area contributed by atoms with E-state index in [0.717, 1.165) is 37.3 Å². The maximum atomic E-state index is 10.8. The fourth-order valence-electron chi connectivity index (χ4n) is 2.88. The molecule has 1 unspecified atom stereocenters. The summed E-state index contributed by atoms with van der Waals surface area (Å²) < 4.78 is 10.5. The number of amides is 1. The Labute approximate surface area is 134 Å². The quantitative estimate of drug-likeness (QED) is 0.869. The van der Waals surface area contributed by atoms with Crippen molar-refractivity contribution in [3.05, 3.63) is 41.5 Å². The van der Waals surface area contributed by atoms with Gasteiger partial charge in [-0.25, -0.2) is 0 Å². The van der Waals surface area contributed by atoms with Crippen molar-refractivity contribution in [1.82, 2.24) is 15.0 Å². The van der Waals surface area contributed by atoms with Gasteiger partial charge < -0.3 is 15.0 Å². The number of likely N-dealkylation sites (tertiary alicyclic amines) is 1. The van der Waals surface area contributed by atoms with Crippen molar-refractivity contribution in [3.63, 3.8) is 0 Å². The van der Waals surface area contributed by atoms with E-state index < -0.39 is 5.91 Å². The summed E-state index contributed by atoms with van der Waals surface area (Å²) in [6.07, 6.45) is 2.13. The summed E-state index contributed by atoms with van der Waals surface area (Å²) >= 11 is 0. The van der Waals surface area contributed by atoms with Crippen LogP contribution >= 0.6 is 0 Å². The van der Waals surface area contributed by atoms with E-state index in [0.29, 0.717) is 11.6 Å². The van der Waals surface area contributed by atoms with Gasteiger partial charge in [0.25, 0.3) is 5.91 Å². The van der Waals surface area contributed by atoms with E-state index in [1.54, 1.807) is 6.92 Å². The summed E-state index contributed by atoms with van der Waals surface area (Å²) in [6, 6.07) is 7.88. The molecular weight excluding hydrogens is 296 g/mol. The van der Waals surface area contributed by atoms with Gasteiger partial charge in [0.05, 0.1) is 6.04 Å². The number of aromatic nitrogens is 2. The number of hydrogen-bond acceptors (Lipinski definition) is 6. The number of rotatable bonds is 6. The van der Waals surface area contributed by atoms with Crippen molar-refractivity contribution in [2.45, 2.75) is 32.4 Å². The zero-order valence-corrected chi connectivity index (χ0v) is 13.1. The van der Waals surface area contributed by atoms with Crippen LogP contribution in [0.4, 0.5) is 0 Å². The maximum Gasteiger partial charge on any atom is 0.255 e. The van der Waals surface area contributed by atoms with Gasteiger partial charge in [-0.15, -0.1) is 0 Å². The van der Waals surface area contributed by atoms with E-state index in [9.17, 15) is 4.79 Å². The molecular formula is C16H20N4O3. The van der Waals surface area contributed by atoms with E-state index >= 15 is 0 Å². The van der Waals surface area contributed by atoms with Crippen molar-refractivity contribution in [2.24, 2.45) is 5.73 Å². The molecule has 0 bridgehead atoms. The Morgan fingerprint density at radius 2 is 2.39 bits per heavy atom. The van der Waals surface area contributed by atoms with Crippen molar-refractivity contribution in [2.75, 3.05) is 13.2 Å². The Morgan fingerprint density at radius 3 is 3.13 bits per heavy atom. The van der Waals surface area contributed by atoms with Crippen LogP contribution in [0.25, 0.3) is 0 Å². The van der Waals surface area contributed by atoms with Crippen LogP contribution in [0.3, 0.4) is 0 Å². The third kappa shape index (κ3) is 3.87. The summed E-state index contributed by atoms with van der Waals surface area (Å²) in [5.41, 5.74) is 6.21. The molecule has 122 valence electrons. The minimum Gasteiger partial charge on any atom is -0.484 e. The van der Waals surface area contributed by atoms with Crippen molar-refractivity contribution in [3.8, 4) is 5.75 Å². The number of carbonyl (C=O) groups excluding carboxylic acids is 1. The number of benzene rings is 1. The smallest absolute Gasteiger partial charge is 0.255 e. The number of carbonyl (C=O) groups is 1. The lowest BCUT2D eigenvalue weighted by atomic mass is 10.1. The van der Waals surface area contributed by atoms with Gasteiger partial charge >= 0.3 is 0 Å². The summed E-state index contributed by atoms with van der Waals surface area (Å²) in [6.45, 7) is 3.45. The Hall–Kier alpha value is -2.41. The van der Waals surface area contributed by atoms with Crippen molar-refractivity contribution < 1.29 is 14.1 Å². The van der Waals surface area contributed by atoms with E-state index in [2.05, 4.69) is 15.0 Å². The zero-order chi connectivity index (χ0) is 16.2. The minimum atomic E-state index is -0.484. The van der Waals surface area contributed by atoms with Crippen molar-refractivity contribution >= 4 is 5.91 Å². The summed E-state index contributed by atoms with van der Waals surface area (Å²) in [4.78, 5) is 17.5. The average molecular weight is 316 g/mol. The molecule has 1 aliphatic heterocycles. The molecule has 1 atom stereocenters. The molecule has 0 spiro atoms. The number of nitrogens with zero attached hydrogens (tertiary/aromatic N) is 3. The maximum absolute atomic E-state index is 10.8. The lowest BCUT2D eigenvalue weighted by Gasteiger charge is -2.22. The van der Waals surface area contributed by atoms with Gasteiger partial charge in [0, 0.05) is 13.5 Å². The lowest BCUT2D eigenvalue weighted by molar-refractivity contribution is -0.119. The molecule has 7 heteroatoms. The molecule has 2 N–H and O–H groups in total. The number of hydrogen-bond donors (Lipinski definition) is 1. The minimum absolute atomic E-state index is 0.113. The normalized spacial score (nSPS) is 18.2. The van der Waals surface area contributed by atoms with Crippen LogP contribution in [0.5, 0.6) is 5.75 Å². The highest BCUT2D eigenvalue weighted by Crippen LogP contribution is 2.31. The third-order valence-electron chi connectivity index (χ3n) is 3.87. The summed E-state index contributed by atoms with van der Waals surface area (Å²) in [5.74, 6) is 1.50. The number of ether oxygens (including phenoxy) is 1. The molecule has 1 amide bonds. The van der Waals surface area contributed by atoms with E-state index in [-0.39, 0.29) is 12.6 Å². The Kier molecular flexibility index (Phi) is 4.57. The lowest BCUT2D eigenvalue weighted by Crippen LogP contribution is -2.23. The van der Waals surface area contributed by atoms with Crippen LogP contribution in [-0.4, -0.2) is 34.1 Å². The fourth-order valence-corrected chi connectivity index (χ4v) is 2.88. The second kappa shape index (κ2) is 6.78. The largest absolute Gasteiger partial charge is 0.484 e. The fraction of sp³-hybridized carbons (Fsp3) is 0.438. The van der Waals surface area contributed by atoms with Gasteiger partial charge in [-0.1, -0.05) is 17.3 Å². The molecule has 1 aromatic carbocycles. The first kappa shape index (κ1) is 15.5. The van der Waals surface area contributed by atoms with Crippen LogP contribution in [0.15, 0.2) is 28.8 Å². The summed E-state index contributed by atoms with van der Waals surface area (Å²) in [7, 11) is 0. The molecule has 1 aliphatic rings. The highest BCUT2D eigenvalue weighted by atomic mass is 16.5. The molecule has 2 aromatic rings. The van der Waals surface area contributed by atoms with Gasteiger partial charge in [0.1, 0.15) is 5.75 Å². The second-order valence-corrected chi connectivity index (χ2v) is 5.70. The molecule has 1 aromatic heterocycles. The first-order chi connectivity index (χ1) is 11.1. The highest BCUT2D eigenvalue weighted by molar-refractivity contribution is 5.75. The van der Waals surface area contributed by atoms with E-state index in [1.807, 2.05) is 24.3 Å². The molecule has 1 saturated heterocycles. The SMILES string of the molecule is Cc1nc(C2CCCN2Cc2cccc(OCC(N)=O)c2)no1. The molecule has 3 rings (SSSR count). The Bertz CT molecular complexity index is 685. The number of aryl methyl sites for hydroxylation is 1. The predicted molar refractivity (Wildman–Crippen MR) is 82.6 cm³/mol. The van der Waals surface area contributed by atoms with Gasteiger partial charge in [-0.3, -0.25) is 9.69 Å². The molecule has 2 heterocycles. The first-order valence-corrected chi connectivity index (χ1v) is 7.66. The zero-order valence-electron chi connectivity index (χ0n) is 13.1. The Morgan fingerprint density at radius 1 is 1.52 bits per heavy atom. The molecule has 0 radical (unpaired) electrons. The number of primary amides is 1. The number of nitrogens with two attached hydrogens (primary N) is 1. The van der Waals surface area contributed by atoms with Crippen LogP contribution in [0.2, 0.25) is 0 Å². The van der Waals surface area contributed by atoms with Gasteiger partial charge in [-0.2, -0.15) is 4.98 Å². The molecule has 1 fully saturated rings. The second-order valence-electron chi connectivity index (χ2n) is 5.70. The van der Waals surface area contributed by atoms with Gasteiger partial charge in [-0.05, 0) is 37.1 Å². The summed E-state index contributed by atoms with van der Waals surface area (Å²) in [5, 5.41) is 4.05. The predicted octanol–water partition coefficient (Wildman–Crippen LogP) is 1.58. The van der Waals surface area contributed by atoms with Crippen molar-refractivity contribution in [1.29, 1.82) is 0 Å². The average Bonchev–Trinajstić information content (AvgIpc) is 3.14. The Balaban J connectivity index is 1.68. The monoisotopic (exact) mass is 316 g/mol. The third-order valence-corrected chi connectivity index (χ3v) is 3.87. The van der Waals surface area contributed by atoms with Gasteiger partial charge in [0.15, 0.2) is 12.4 Å². The van der Waals surface area contributed by atoms with Crippen LogP contribution in [0.1, 0.15) is 36.2 Å². The van der Waals surface area contributed by atoms with E-state index in [1.165, 1.54) is 0 Å². The van der Waals surface area contributed by atoms with Crippen LogP contribution in [0, 0.1) is 6.92 Å². The highest BCUT2D eigenvalue weighted by Gasteiger charge is 2.29.